The Labute approximate surface area is 120 Å². The van der Waals surface area contributed by atoms with Crippen LogP contribution < -0.4 is 5.32 Å². The number of aryl methyl sites for hydroxylation is 1. The zero-order valence-corrected chi connectivity index (χ0v) is 12.1. The fourth-order valence-electron chi connectivity index (χ4n) is 2.96. The van der Waals surface area contributed by atoms with E-state index in [-0.39, 0.29) is 0 Å². The van der Waals surface area contributed by atoms with Crippen LogP contribution in [0.15, 0.2) is 36.7 Å². The van der Waals surface area contributed by atoms with E-state index in [1.807, 2.05) is 19.3 Å². The van der Waals surface area contributed by atoms with Gasteiger partial charge in [-0.25, -0.2) is 0 Å². The highest BCUT2D eigenvalue weighted by molar-refractivity contribution is 5.34. The number of hydrogen-bond acceptors (Lipinski definition) is 3. The minimum absolute atomic E-state index is 0.436. The Morgan fingerprint density at radius 3 is 2.65 bits per heavy atom. The van der Waals surface area contributed by atoms with Gasteiger partial charge in [0.2, 0.25) is 0 Å². The summed E-state index contributed by atoms with van der Waals surface area (Å²) >= 11 is 0. The lowest BCUT2D eigenvalue weighted by molar-refractivity contribution is 0.429. The molecule has 0 saturated heterocycles. The molecule has 0 bridgehead atoms. The third kappa shape index (κ3) is 2.73. The van der Waals surface area contributed by atoms with Crippen LogP contribution in [0.5, 0.6) is 0 Å². The molecule has 0 radical (unpaired) electrons. The fraction of sp³-hybridized carbons (Fsp3) is 0.412. The van der Waals surface area contributed by atoms with Crippen molar-refractivity contribution in [3.8, 4) is 0 Å². The Kier molecular flexibility index (Phi) is 3.79. The zero-order chi connectivity index (χ0) is 13.9. The summed E-state index contributed by atoms with van der Waals surface area (Å²) < 4.78 is 0. The molecule has 0 amide bonds. The first-order valence-corrected chi connectivity index (χ1v) is 7.34. The Balaban J connectivity index is 1.72. The first-order valence-electron chi connectivity index (χ1n) is 7.34. The lowest BCUT2D eigenvalue weighted by Crippen LogP contribution is -2.26. The molecule has 1 aliphatic rings. The van der Waals surface area contributed by atoms with E-state index in [4.69, 9.17) is 0 Å². The molecule has 1 heterocycles. The van der Waals surface area contributed by atoms with Crippen molar-refractivity contribution in [3.05, 3.63) is 59.2 Å². The molecule has 0 spiro atoms. The van der Waals surface area contributed by atoms with Crippen LogP contribution in [0.4, 0.5) is 0 Å². The first-order chi connectivity index (χ1) is 9.74. The van der Waals surface area contributed by atoms with Gasteiger partial charge in [0.15, 0.2) is 0 Å². The van der Waals surface area contributed by atoms with Gasteiger partial charge in [-0.3, -0.25) is 9.97 Å². The second-order valence-corrected chi connectivity index (χ2v) is 5.69. The summed E-state index contributed by atoms with van der Waals surface area (Å²) in [7, 11) is 0. The highest BCUT2D eigenvalue weighted by Crippen LogP contribution is 2.36. The fourth-order valence-corrected chi connectivity index (χ4v) is 2.96. The molecule has 1 N–H and O–H groups in total. The summed E-state index contributed by atoms with van der Waals surface area (Å²) in [6.45, 7) is 5.06. The van der Waals surface area contributed by atoms with E-state index in [1.54, 1.807) is 0 Å². The monoisotopic (exact) mass is 267 g/mol. The van der Waals surface area contributed by atoms with Gasteiger partial charge in [0.05, 0.1) is 11.4 Å². The Bertz CT molecular complexity index is 577. The molecule has 1 aliphatic carbocycles. The van der Waals surface area contributed by atoms with Gasteiger partial charge in [-0.1, -0.05) is 31.2 Å². The minimum atomic E-state index is 0.436. The number of fused-ring (bicyclic) bond motifs is 1. The molecule has 104 valence electrons. The summed E-state index contributed by atoms with van der Waals surface area (Å²) in [4.78, 5) is 8.71. The van der Waals surface area contributed by atoms with Gasteiger partial charge < -0.3 is 5.32 Å². The Morgan fingerprint density at radius 1 is 1.10 bits per heavy atom. The van der Waals surface area contributed by atoms with Crippen LogP contribution in [-0.2, 0) is 6.54 Å². The van der Waals surface area contributed by atoms with E-state index in [0.717, 1.165) is 17.9 Å². The van der Waals surface area contributed by atoms with Crippen LogP contribution in [0, 0.1) is 6.92 Å². The van der Waals surface area contributed by atoms with E-state index in [1.165, 1.54) is 24.0 Å². The van der Waals surface area contributed by atoms with Crippen LogP contribution in [0.3, 0.4) is 0 Å². The van der Waals surface area contributed by atoms with Crippen LogP contribution in [0.25, 0.3) is 0 Å². The predicted octanol–water partition coefficient (Wildman–Crippen LogP) is 3.51. The van der Waals surface area contributed by atoms with Crippen LogP contribution in [0.1, 0.15) is 54.2 Å². The predicted molar refractivity (Wildman–Crippen MR) is 80.4 cm³/mol. The summed E-state index contributed by atoms with van der Waals surface area (Å²) in [5, 5.41) is 3.63. The Hall–Kier alpha value is -1.74. The summed E-state index contributed by atoms with van der Waals surface area (Å²) in [5.41, 5.74) is 4.91. The molecule has 1 aromatic carbocycles. The second-order valence-electron chi connectivity index (χ2n) is 5.69. The van der Waals surface area contributed by atoms with E-state index < -0.39 is 0 Å². The zero-order valence-electron chi connectivity index (χ0n) is 12.1. The topological polar surface area (TPSA) is 37.8 Å². The van der Waals surface area contributed by atoms with Crippen molar-refractivity contribution in [1.29, 1.82) is 0 Å². The lowest BCUT2D eigenvalue weighted by Gasteiger charge is -2.30. The van der Waals surface area contributed by atoms with Crippen molar-refractivity contribution in [2.75, 3.05) is 0 Å². The van der Waals surface area contributed by atoms with E-state index in [9.17, 15) is 0 Å². The molecule has 3 heteroatoms. The maximum absolute atomic E-state index is 4.41. The highest BCUT2D eigenvalue weighted by Gasteiger charge is 2.23. The molecule has 3 nitrogen and oxygen atoms in total. The quantitative estimate of drug-likeness (QED) is 0.924. The molecule has 0 fully saturated rings. The van der Waals surface area contributed by atoms with Crippen molar-refractivity contribution in [2.24, 2.45) is 0 Å². The van der Waals surface area contributed by atoms with Crippen molar-refractivity contribution < 1.29 is 0 Å². The van der Waals surface area contributed by atoms with E-state index in [2.05, 4.69) is 46.5 Å². The molecular weight excluding hydrogens is 246 g/mol. The van der Waals surface area contributed by atoms with E-state index >= 15 is 0 Å². The third-order valence-corrected chi connectivity index (χ3v) is 4.15. The van der Waals surface area contributed by atoms with Crippen molar-refractivity contribution in [1.82, 2.24) is 15.3 Å². The maximum Gasteiger partial charge on any atom is 0.0724 e. The number of aromatic nitrogens is 2. The summed E-state index contributed by atoms with van der Waals surface area (Å²) in [6.07, 6.45) is 6.12. The summed E-state index contributed by atoms with van der Waals surface area (Å²) in [5.74, 6) is 0.670. The number of hydrogen-bond donors (Lipinski definition) is 1. The molecule has 3 rings (SSSR count). The standard InChI is InChI=1S/C17H21N3/c1-12-7-8-17(16-6-4-3-5-15(12)16)20-11-14-10-18-13(2)9-19-14/h3-6,9-10,12,17,20H,7-8,11H2,1-2H3. The molecule has 2 aromatic rings. The lowest BCUT2D eigenvalue weighted by atomic mass is 9.81. The first kappa shape index (κ1) is 13.3. The molecule has 1 aromatic heterocycles. The van der Waals surface area contributed by atoms with Gasteiger partial charge in [-0.05, 0) is 36.8 Å². The third-order valence-electron chi connectivity index (χ3n) is 4.15. The minimum Gasteiger partial charge on any atom is -0.304 e. The maximum atomic E-state index is 4.41. The number of benzene rings is 1. The number of rotatable bonds is 3. The van der Waals surface area contributed by atoms with Gasteiger partial charge in [0.25, 0.3) is 0 Å². The van der Waals surface area contributed by atoms with Gasteiger partial charge >= 0.3 is 0 Å². The number of nitrogens with zero attached hydrogens (tertiary/aromatic N) is 2. The average Bonchev–Trinajstić information content (AvgIpc) is 2.49. The number of nitrogens with one attached hydrogen (secondary N) is 1. The van der Waals surface area contributed by atoms with Gasteiger partial charge in [0, 0.05) is 25.0 Å². The molecular formula is C17H21N3. The second kappa shape index (κ2) is 5.71. The summed E-state index contributed by atoms with van der Waals surface area (Å²) in [6, 6.07) is 9.23. The van der Waals surface area contributed by atoms with Crippen LogP contribution >= 0.6 is 0 Å². The van der Waals surface area contributed by atoms with Gasteiger partial charge in [-0.15, -0.1) is 0 Å². The van der Waals surface area contributed by atoms with Crippen molar-refractivity contribution >= 4 is 0 Å². The molecule has 2 atom stereocenters. The molecule has 0 saturated carbocycles. The Morgan fingerprint density at radius 2 is 1.90 bits per heavy atom. The largest absolute Gasteiger partial charge is 0.304 e. The van der Waals surface area contributed by atoms with Gasteiger partial charge in [0.1, 0.15) is 0 Å². The van der Waals surface area contributed by atoms with Crippen molar-refractivity contribution in [2.45, 2.75) is 45.2 Å². The van der Waals surface area contributed by atoms with Crippen LogP contribution in [-0.4, -0.2) is 9.97 Å². The van der Waals surface area contributed by atoms with Crippen molar-refractivity contribution in [3.63, 3.8) is 0 Å². The molecule has 0 aliphatic heterocycles. The van der Waals surface area contributed by atoms with Crippen LogP contribution in [0.2, 0.25) is 0 Å². The molecule has 20 heavy (non-hydrogen) atoms. The normalized spacial score (nSPS) is 21.5. The van der Waals surface area contributed by atoms with E-state index in [0.29, 0.717) is 12.0 Å². The average molecular weight is 267 g/mol. The van der Waals surface area contributed by atoms with Gasteiger partial charge in [-0.2, -0.15) is 0 Å². The smallest absolute Gasteiger partial charge is 0.0724 e. The highest BCUT2D eigenvalue weighted by atomic mass is 14.9. The SMILES string of the molecule is Cc1cnc(CNC2CCC(C)c3ccccc32)cn1. The molecule has 2 unspecified atom stereocenters.